The third kappa shape index (κ3) is 5.54. The average Bonchev–Trinajstić information content (AvgIpc) is 2.58. The molecule has 0 aliphatic heterocycles. The third-order valence-electron chi connectivity index (χ3n) is 4.26. The van der Waals surface area contributed by atoms with Crippen molar-refractivity contribution in [2.75, 3.05) is 19.8 Å². The molecule has 23 heavy (non-hydrogen) atoms. The summed E-state index contributed by atoms with van der Waals surface area (Å²) in [5, 5.41) is 3.52. The molecule has 1 saturated carbocycles. The van der Waals surface area contributed by atoms with Crippen LogP contribution in [0, 0.1) is 0 Å². The molecule has 1 aliphatic carbocycles. The van der Waals surface area contributed by atoms with Gasteiger partial charge < -0.3 is 14.8 Å². The molecule has 0 unspecified atom stereocenters. The SMILES string of the molecule is CCOc1ccc(C(=O)CCNC2CCCCC2)cc1OCC. The Morgan fingerprint density at radius 1 is 1.09 bits per heavy atom. The summed E-state index contributed by atoms with van der Waals surface area (Å²) in [6, 6.07) is 6.06. The Labute approximate surface area is 139 Å². The van der Waals surface area contributed by atoms with Gasteiger partial charge in [0.05, 0.1) is 13.2 Å². The van der Waals surface area contributed by atoms with E-state index in [1.807, 2.05) is 26.0 Å². The van der Waals surface area contributed by atoms with E-state index in [1.165, 1.54) is 32.1 Å². The number of carbonyl (C=O) groups is 1. The topological polar surface area (TPSA) is 47.6 Å². The summed E-state index contributed by atoms with van der Waals surface area (Å²) in [6.07, 6.45) is 6.97. The molecule has 0 aromatic heterocycles. The van der Waals surface area contributed by atoms with Crippen molar-refractivity contribution in [3.8, 4) is 11.5 Å². The second kappa shape index (κ2) is 9.56. The van der Waals surface area contributed by atoms with Gasteiger partial charge in [-0.2, -0.15) is 0 Å². The van der Waals surface area contributed by atoms with Gasteiger partial charge in [0, 0.05) is 24.6 Å². The van der Waals surface area contributed by atoms with Gasteiger partial charge in [0.15, 0.2) is 17.3 Å². The summed E-state index contributed by atoms with van der Waals surface area (Å²) in [7, 11) is 0. The van der Waals surface area contributed by atoms with Gasteiger partial charge in [0.25, 0.3) is 0 Å². The largest absolute Gasteiger partial charge is 0.490 e. The zero-order valence-electron chi connectivity index (χ0n) is 14.4. The van der Waals surface area contributed by atoms with Gasteiger partial charge >= 0.3 is 0 Å². The summed E-state index contributed by atoms with van der Waals surface area (Å²) < 4.78 is 11.1. The van der Waals surface area contributed by atoms with E-state index in [0.717, 1.165) is 6.54 Å². The highest BCUT2D eigenvalue weighted by atomic mass is 16.5. The molecule has 0 atom stereocenters. The number of hydrogen-bond donors (Lipinski definition) is 1. The van der Waals surface area contributed by atoms with Crippen LogP contribution in [-0.4, -0.2) is 31.6 Å². The van der Waals surface area contributed by atoms with E-state index in [0.29, 0.717) is 42.7 Å². The number of ether oxygens (including phenoxy) is 2. The van der Waals surface area contributed by atoms with Crippen LogP contribution >= 0.6 is 0 Å². The number of carbonyl (C=O) groups excluding carboxylic acids is 1. The zero-order valence-corrected chi connectivity index (χ0v) is 14.4. The molecule has 0 bridgehead atoms. The smallest absolute Gasteiger partial charge is 0.164 e. The van der Waals surface area contributed by atoms with Crippen LogP contribution in [0.25, 0.3) is 0 Å². The van der Waals surface area contributed by atoms with Crippen LogP contribution in [0.15, 0.2) is 18.2 Å². The van der Waals surface area contributed by atoms with E-state index in [2.05, 4.69) is 5.32 Å². The van der Waals surface area contributed by atoms with Crippen LogP contribution in [0.3, 0.4) is 0 Å². The van der Waals surface area contributed by atoms with Crippen molar-refractivity contribution in [2.24, 2.45) is 0 Å². The van der Waals surface area contributed by atoms with E-state index in [4.69, 9.17) is 9.47 Å². The average molecular weight is 319 g/mol. The molecular weight excluding hydrogens is 290 g/mol. The lowest BCUT2D eigenvalue weighted by Crippen LogP contribution is -2.32. The second-order valence-electron chi connectivity index (χ2n) is 5.99. The second-order valence-corrected chi connectivity index (χ2v) is 5.99. The molecule has 0 radical (unpaired) electrons. The van der Waals surface area contributed by atoms with Crippen molar-refractivity contribution in [1.29, 1.82) is 0 Å². The first-order valence-electron chi connectivity index (χ1n) is 8.90. The van der Waals surface area contributed by atoms with Crippen molar-refractivity contribution >= 4 is 5.78 Å². The normalized spacial score (nSPS) is 15.4. The fourth-order valence-corrected chi connectivity index (χ4v) is 3.07. The highest BCUT2D eigenvalue weighted by Crippen LogP contribution is 2.29. The van der Waals surface area contributed by atoms with Gasteiger partial charge in [-0.3, -0.25) is 4.79 Å². The quantitative estimate of drug-likeness (QED) is 0.699. The Bertz CT molecular complexity index is 495. The van der Waals surface area contributed by atoms with Crippen molar-refractivity contribution in [2.45, 2.75) is 58.4 Å². The van der Waals surface area contributed by atoms with Gasteiger partial charge in [0.1, 0.15) is 0 Å². The maximum Gasteiger partial charge on any atom is 0.164 e. The van der Waals surface area contributed by atoms with Crippen LogP contribution in [-0.2, 0) is 0 Å². The molecule has 128 valence electrons. The van der Waals surface area contributed by atoms with Gasteiger partial charge in [-0.05, 0) is 44.9 Å². The molecule has 0 saturated heterocycles. The van der Waals surface area contributed by atoms with Gasteiger partial charge in [-0.1, -0.05) is 19.3 Å². The van der Waals surface area contributed by atoms with Crippen molar-refractivity contribution in [3.05, 3.63) is 23.8 Å². The fourth-order valence-electron chi connectivity index (χ4n) is 3.07. The van der Waals surface area contributed by atoms with Crippen LogP contribution in [0.4, 0.5) is 0 Å². The summed E-state index contributed by atoms with van der Waals surface area (Å²) in [6.45, 7) is 5.75. The summed E-state index contributed by atoms with van der Waals surface area (Å²) in [5.74, 6) is 1.50. The monoisotopic (exact) mass is 319 g/mol. The number of hydrogen-bond acceptors (Lipinski definition) is 4. The molecule has 1 aliphatic rings. The maximum absolute atomic E-state index is 12.4. The first kappa shape index (κ1) is 17.8. The first-order chi connectivity index (χ1) is 11.2. The molecule has 4 heteroatoms. The molecule has 1 aromatic carbocycles. The lowest BCUT2D eigenvalue weighted by molar-refractivity contribution is 0.0980. The van der Waals surface area contributed by atoms with Crippen LogP contribution in [0.5, 0.6) is 11.5 Å². The molecule has 1 fully saturated rings. The van der Waals surface area contributed by atoms with E-state index in [-0.39, 0.29) is 5.78 Å². The summed E-state index contributed by atoms with van der Waals surface area (Å²) in [4.78, 5) is 12.4. The van der Waals surface area contributed by atoms with Gasteiger partial charge in [-0.25, -0.2) is 0 Å². The number of nitrogens with one attached hydrogen (secondary N) is 1. The molecule has 0 spiro atoms. The van der Waals surface area contributed by atoms with Crippen LogP contribution in [0.1, 0.15) is 62.7 Å². The fraction of sp³-hybridized carbons (Fsp3) is 0.632. The number of Topliss-reactive ketones (excluding diaryl/α,β-unsaturated/α-hetero) is 1. The molecule has 0 amide bonds. The predicted molar refractivity (Wildman–Crippen MR) is 92.6 cm³/mol. The van der Waals surface area contributed by atoms with E-state index in [1.54, 1.807) is 6.07 Å². The summed E-state index contributed by atoms with van der Waals surface area (Å²) in [5.41, 5.74) is 0.697. The van der Waals surface area contributed by atoms with Crippen LogP contribution in [0.2, 0.25) is 0 Å². The number of rotatable bonds is 9. The number of benzene rings is 1. The highest BCUT2D eigenvalue weighted by molar-refractivity contribution is 5.96. The highest BCUT2D eigenvalue weighted by Gasteiger charge is 2.14. The standard InChI is InChI=1S/C19H29NO3/c1-3-22-18-11-10-15(14-19(18)23-4-2)17(21)12-13-20-16-8-6-5-7-9-16/h10-11,14,16,20H,3-9,12-13H2,1-2H3. The van der Waals surface area contributed by atoms with E-state index < -0.39 is 0 Å². The third-order valence-corrected chi connectivity index (χ3v) is 4.26. The molecular formula is C19H29NO3. The lowest BCUT2D eigenvalue weighted by Gasteiger charge is -2.22. The molecule has 4 nitrogen and oxygen atoms in total. The first-order valence-corrected chi connectivity index (χ1v) is 8.90. The maximum atomic E-state index is 12.4. The van der Waals surface area contributed by atoms with Crippen molar-refractivity contribution in [1.82, 2.24) is 5.32 Å². The minimum absolute atomic E-state index is 0.150. The van der Waals surface area contributed by atoms with Gasteiger partial charge in [0.2, 0.25) is 0 Å². The summed E-state index contributed by atoms with van der Waals surface area (Å²) >= 11 is 0. The van der Waals surface area contributed by atoms with Crippen molar-refractivity contribution in [3.63, 3.8) is 0 Å². The van der Waals surface area contributed by atoms with Crippen molar-refractivity contribution < 1.29 is 14.3 Å². The minimum Gasteiger partial charge on any atom is -0.490 e. The molecule has 0 heterocycles. The van der Waals surface area contributed by atoms with Gasteiger partial charge in [-0.15, -0.1) is 0 Å². The molecule has 1 N–H and O–H groups in total. The minimum atomic E-state index is 0.150. The number of ketones is 1. The predicted octanol–water partition coefficient (Wildman–Crippen LogP) is 3.98. The Hall–Kier alpha value is -1.55. The van der Waals surface area contributed by atoms with Crippen LogP contribution < -0.4 is 14.8 Å². The van der Waals surface area contributed by atoms with E-state index in [9.17, 15) is 4.79 Å². The Balaban J connectivity index is 1.88. The molecule has 2 rings (SSSR count). The van der Waals surface area contributed by atoms with E-state index >= 15 is 0 Å². The lowest BCUT2D eigenvalue weighted by atomic mass is 9.95. The Morgan fingerprint density at radius 2 is 1.78 bits per heavy atom. The zero-order chi connectivity index (χ0) is 16.5. The Kier molecular flexibility index (Phi) is 7.40. The Morgan fingerprint density at radius 3 is 2.48 bits per heavy atom. The molecule has 1 aromatic rings.